The molecular weight excluding hydrogens is 234 g/mol. The minimum absolute atomic E-state index is 0.485. The molecule has 3 nitrogen and oxygen atoms in total. The lowest BCUT2D eigenvalue weighted by Crippen LogP contribution is -2.33. The lowest BCUT2D eigenvalue weighted by Gasteiger charge is -2.28. The zero-order valence-electron chi connectivity index (χ0n) is 11.6. The Labute approximate surface area is 114 Å². The second-order valence-electron chi connectivity index (χ2n) is 5.81. The van der Waals surface area contributed by atoms with Gasteiger partial charge < -0.3 is 10.6 Å². The maximum Gasteiger partial charge on any atom is 0.129 e. The van der Waals surface area contributed by atoms with Crippen LogP contribution in [0.4, 0.5) is 11.5 Å². The fourth-order valence-electron chi connectivity index (χ4n) is 2.44. The average molecular weight is 255 g/mol. The normalized spacial score (nSPS) is 15.1. The highest BCUT2D eigenvalue weighted by atomic mass is 15.2. The van der Waals surface area contributed by atoms with Crippen molar-refractivity contribution in [2.45, 2.75) is 32.7 Å². The summed E-state index contributed by atoms with van der Waals surface area (Å²) in [7, 11) is 0. The maximum absolute atomic E-state index is 5.81. The zero-order chi connectivity index (χ0) is 13.4. The summed E-state index contributed by atoms with van der Waals surface area (Å²) < 4.78 is 0. The van der Waals surface area contributed by atoms with Gasteiger partial charge in [-0.05, 0) is 62.9 Å². The Bertz CT molecular complexity index is 588. The van der Waals surface area contributed by atoms with Crippen molar-refractivity contribution in [1.29, 1.82) is 0 Å². The number of nitrogens with zero attached hydrogens (tertiary/aromatic N) is 2. The molecule has 0 radical (unpaired) electrons. The van der Waals surface area contributed by atoms with Crippen LogP contribution in [0.15, 0.2) is 30.3 Å². The van der Waals surface area contributed by atoms with Crippen molar-refractivity contribution in [3.8, 4) is 0 Å². The molecule has 0 atom stereocenters. The van der Waals surface area contributed by atoms with Crippen LogP contribution in [-0.2, 0) is 0 Å². The molecule has 0 amide bonds. The number of nitrogen functional groups attached to an aromatic ring is 1. The fourth-order valence-corrected chi connectivity index (χ4v) is 2.44. The van der Waals surface area contributed by atoms with E-state index in [1.165, 1.54) is 12.8 Å². The van der Waals surface area contributed by atoms with Crippen LogP contribution in [0.1, 0.15) is 26.7 Å². The van der Waals surface area contributed by atoms with E-state index in [0.717, 1.165) is 34.9 Å². The van der Waals surface area contributed by atoms with Gasteiger partial charge in [0.05, 0.1) is 5.52 Å². The molecule has 1 aromatic carbocycles. The molecule has 100 valence electrons. The molecule has 0 aliphatic heterocycles. The summed E-state index contributed by atoms with van der Waals surface area (Å²) in [5.74, 6) is 1.95. The summed E-state index contributed by atoms with van der Waals surface area (Å²) in [5.41, 5.74) is 7.62. The number of anilines is 2. The van der Waals surface area contributed by atoms with E-state index in [1.54, 1.807) is 0 Å². The summed E-state index contributed by atoms with van der Waals surface area (Å²) in [5, 5.41) is 1.11. The van der Waals surface area contributed by atoms with E-state index in [2.05, 4.69) is 30.9 Å². The second-order valence-corrected chi connectivity index (χ2v) is 5.81. The highest BCUT2D eigenvalue weighted by Crippen LogP contribution is 2.32. The van der Waals surface area contributed by atoms with Crippen LogP contribution in [0.3, 0.4) is 0 Å². The first-order chi connectivity index (χ1) is 9.13. The molecule has 1 fully saturated rings. The van der Waals surface area contributed by atoms with Crippen molar-refractivity contribution in [3.63, 3.8) is 0 Å². The number of hydrogen-bond donors (Lipinski definition) is 1. The summed E-state index contributed by atoms with van der Waals surface area (Å²) in [6.45, 7) is 5.60. The largest absolute Gasteiger partial charge is 0.399 e. The molecule has 1 aromatic heterocycles. The summed E-state index contributed by atoms with van der Waals surface area (Å²) in [6.07, 6.45) is 2.74. The standard InChI is InChI=1S/C16H21N3/c1-11(2)19(10-12-3-4-12)16-8-5-13-9-14(17)6-7-15(13)18-16/h5-9,11-12H,3-4,10,17H2,1-2H3. The van der Waals surface area contributed by atoms with Crippen molar-refractivity contribution in [3.05, 3.63) is 30.3 Å². The summed E-state index contributed by atoms with van der Waals surface area (Å²) in [6, 6.07) is 10.6. The molecule has 2 N–H and O–H groups in total. The zero-order valence-corrected chi connectivity index (χ0v) is 11.6. The van der Waals surface area contributed by atoms with Gasteiger partial charge in [-0.3, -0.25) is 0 Å². The maximum atomic E-state index is 5.81. The molecule has 0 saturated heterocycles. The summed E-state index contributed by atoms with van der Waals surface area (Å²) >= 11 is 0. The van der Waals surface area contributed by atoms with Crippen molar-refractivity contribution in [2.75, 3.05) is 17.2 Å². The lowest BCUT2D eigenvalue weighted by atomic mass is 10.2. The molecule has 1 saturated carbocycles. The fraction of sp³-hybridized carbons (Fsp3) is 0.438. The number of benzene rings is 1. The first-order valence-corrected chi connectivity index (χ1v) is 7.06. The molecule has 1 heterocycles. The minimum atomic E-state index is 0.485. The first-order valence-electron chi connectivity index (χ1n) is 7.06. The van der Waals surface area contributed by atoms with E-state index in [0.29, 0.717) is 6.04 Å². The van der Waals surface area contributed by atoms with Crippen molar-refractivity contribution >= 4 is 22.4 Å². The number of pyridine rings is 1. The van der Waals surface area contributed by atoms with Crippen LogP contribution in [-0.4, -0.2) is 17.6 Å². The van der Waals surface area contributed by atoms with Crippen molar-refractivity contribution in [1.82, 2.24) is 4.98 Å². The SMILES string of the molecule is CC(C)N(CC1CC1)c1ccc2cc(N)ccc2n1. The molecular formula is C16H21N3. The molecule has 3 rings (SSSR count). The van der Waals surface area contributed by atoms with Gasteiger partial charge >= 0.3 is 0 Å². The third-order valence-electron chi connectivity index (χ3n) is 3.77. The van der Waals surface area contributed by atoms with Gasteiger partial charge in [0, 0.05) is 23.7 Å². The van der Waals surface area contributed by atoms with E-state index in [1.807, 2.05) is 18.2 Å². The predicted molar refractivity (Wildman–Crippen MR) is 81.4 cm³/mol. The quantitative estimate of drug-likeness (QED) is 0.851. The number of hydrogen-bond acceptors (Lipinski definition) is 3. The van der Waals surface area contributed by atoms with Gasteiger partial charge in [0.2, 0.25) is 0 Å². The average Bonchev–Trinajstić information content (AvgIpc) is 3.19. The molecule has 1 aliphatic rings. The smallest absolute Gasteiger partial charge is 0.129 e. The topological polar surface area (TPSA) is 42.1 Å². The molecule has 1 aliphatic carbocycles. The van der Waals surface area contributed by atoms with Crippen molar-refractivity contribution < 1.29 is 0 Å². The molecule has 3 heteroatoms. The van der Waals surface area contributed by atoms with Gasteiger partial charge in [-0.15, -0.1) is 0 Å². The van der Waals surface area contributed by atoms with E-state index in [4.69, 9.17) is 10.7 Å². The second kappa shape index (κ2) is 4.72. The Morgan fingerprint density at radius 1 is 1.26 bits per heavy atom. The van der Waals surface area contributed by atoms with Gasteiger partial charge in [0.25, 0.3) is 0 Å². The van der Waals surface area contributed by atoms with Crippen LogP contribution >= 0.6 is 0 Å². The number of nitrogens with two attached hydrogens (primary N) is 1. The Kier molecular flexibility index (Phi) is 3.05. The Balaban J connectivity index is 1.95. The van der Waals surface area contributed by atoms with E-state index < -0.39 is 0 Å². The third-order valence-corrected chi connectivity index (χ3v) is 3.77. The monoisotopic (exact) mass is 255 g/mol. The Morgan fingerprint density at radius 2 is 2.05 bits per heavy atom. The minimum Gasteiger partial charge on any atom is -0.399 e. The van der Waals surface area contributed by atoms with E-state index >= 15 is 0 Å². The number of aromatic nitrogens is 1. The molecule has 2 aromatic rings. The summed E-state index contributed by atoms with van der Waals surface area (Å²) in [4.78, 5) is 7.20. The Hall–Kier alpha value is -1.77. The molecule has 0 bridgehead atoms. The third kappa shape index (κ3) is 2.65. The van der Waals surface area contributed by atoms with Gasteiger partial charge in [-0.1, -0.05) is 0 Å². The van der Waals surface area contributed by atoms with Gasteiger partial charge in [0.15, 0.2) is 0 Å². The van der Waals surface area contributed by atoms with Crippen LogP contribution in [0.25, 0.3) is 10.9 Å². The lowest BCUT2D eigenvalue weighted by molar-refractivity contribution is 0.638. The highest BCUT2D eigenvalue weighted by Gasteiger charge is 2.26. The molecule has 19 heavy (non-hydrogen) atoms. The predicted octanol–water partition coefficient (Wildman–Crippen LogP) is 3.44. The van der Waals surface area contributed by atoms with Gasteiger partial charge in [-0.25, -0.2) is 4.98 Å². The molecule has 0 spiro atoms. The number of rotatable bonds is 4. The van der Waals surface area contributed by atoms with Crippen LogP contribution in [0, 0.1) is 5.92 Å². The van der Waals surface area contributed by atoms with Crippen LogP contribution < -0.4 is 10.6 Å². The molecule has 0 unspecified atom stereocenters. The van der Waals surface area contributed by atoms with Gasteiger partial charge in [-0.2, -0.15) is 0 Å². The first kappa shape index (κ1) is 12.3. The van der Waals surface area contributed by atoms with E-state index in [9.17, 15) is 0 Å². The Morgan fingerprint density at radius 3 is 2.74 bits per heavy atom. The highest BCUT2D eigenvalue weighted by molar-refractivity contribution is 5.83. The van der Waals surface area contributed by atoms with Gasteiger partial charge in [0.1, 0.15) is 5.82 Å². The van der Waals surface area contributed by atoms with Crippen molar-refractivity contribution in [2.24, 2.45) is 5.92 Å². The van der Waals surface area contributed by atoms with Crippen LogP contribution in [0.5, 0.6) is 0 Å². The number of fused-ring (bicyclic) bond motifs is 1. The van der Waals surface area contributed by atoms with E-state index in [-0.39, 0.29) is 0 Å². The van der Waals surface area contributed by atoms with Crippen LogP contribution in [0.2, 0.25) is 0 Å².